The van der Waals surface area contributed by atoms with Crippen molar-refractivity contribution in [1.29, 1.82) is 0 Å². The number of ether oxygens (including phenoxy) is 1. The van der Waals surface area contributed by atoms with Crippen LogP contribution in [-0.4, -0.2) is 22.7 Å². The van der Waals surface area contributed by atoms with Gasteiger partial charge >= 0.3 is 0 Å². The highest BCUT2D eigenvalue weighted by Crippen LogP contribution is 2.33. The van der Waals surface area contributed by atoms with Crippen LogP contribution in [0.3, 0.4) is 0 Å². The average Bonchev–Trinajstić information content (AvgIpc) is 3.07. The topological polar surface area (TPSA) is 68.5 Å². The highest BCUT2D eigenvalue weighted by Gasteiger charge is 2.27. The van der Waals surface area contributed by atoms with Crippen LogP contribution in [-0.2, 0) is 11.3 Å². The average molecular weight is 356 g/mol. The zero-order valence-corrected chi connectivity index (χ0v) is 14.2. The predicted molar refractivity (Wildman–Crippen MR) is 92.6 cm³/mol. The van der Waals surface area contributed by atoms with Crippen LogP contribution < -0.4 is 9.64 Å². The first-order valence-corrected chi connectivity index (χ1v) is 8.10. The molecule has 25 heavy (non-hydrogen) atoms. The Bertz CT molecular complexity index is 937. The minimum absolute atomic E-state index is 0.00533. The van der Waals surface area contributed by atoms with Crippen LogP contribution >= 0.6 is 11.6 Å². The van der Waals surface area contributed by atoms with E-state index in [1.807, 2.05) is 37.3 Å². The molecule has 0 aliphatic carbocycles. The fourth-order valence-corrected chi connectivity index (χ4v) is 2.78. The van der Waals surface area contributed by atoms with Gasteiger partial charge in [-0.2, -0.15) is 4.98 Å². The van der Waals surface area contributed by atoms with Gasteiger partial charge < -0.3 is 9.26 Å². The van der Waals surface area contributed by atoms with E-state index >= 15 is 0 Å². The number of aryl methyl sites for hydroxylation is 1. The number of benzene rings is 2. The van der Waals surface area contributed by atoms with Crippen molar-refractivity contribution >= 4 is 23.2 Å². The van der Waals surface area contributed by atoms with Crippen LogP contribution in [0.2, 0.25) is 5.02 Å². The zero-order chi connectivity index (χ0) is 17.4. The number of carbonyl (C=O) groups is 1. The first-order valence-electron chi connectivity index (χ1n) is 7.72. The van der Waals surface area contributed by atoms with E-state index < -0.39 is 0 Å². The molecule has 0 radical (unpaired) electrons. The van der Waals surface area contributed by atoms with Gasteiger partial charge in [-0.3, -0.25) is 9.69 Å². The molecule has 1 aliphatic rings. The molecule has 0 N–H and O–H groups in total. The van der Waals surface area contributed by atoms with E-state index in [2.05, 4.69) is 10.1 Å². The van der Waals surface area contributed by atoms with E-state index in [-0.39, 0.29) is 19.1 Å². The molecule has 2 heterocycles. The van der Waals surface area contributed by atoms with Crippen LogP contribution in [0.5, 0.6) is 5.75 Å². The smallest absolute Gasteiger partial charge is 0.265 e. The van der Waals surface area contributed by atoms with E-state index in [1.165, 1.54) is 0 Å². The minimum atomic E-state index is -0.150. The quantitative estimate of drug-likeness (QED) is 0.717. The molecule has 4 rings (SSSR count). The standard InChI is InChI=1S/C18H14ClN3O3/c1-11-2-7-14-15(8-11)24-10-17(23)22(14)9-16-20-18(21-25-16)12-3-5-13(19)6-4-12/h2-8H,9-10H2,1H3. The van der Waals surface area contributed by atoms with Gasteiger partial charge in [0.15, 0.2) is 6.61 Å². The summed E-state index contributed by atoms with van der Waals surface area (Å²) in [5, 5.41) is 4.62. The van der Waals surface area contributed by atoms with Gasteiger partial charge in [-0.05, 0) is 48.9 Å². The van der Waals surface area contributed by atoms with Gasteiger partial charge in [0.1, 0.15) is 12.3 Å². The van der Waals surface area contributed by atoms with Gasteiger partial charge in [0, 0.05) is 10.6 Å². The first kappa shape index (κ1) is 15.7. The molecule has 6 nitrogen and oxygen atoms in total. The third kappa shape index (κ3) is 3.08. The molecule has 7 heteroatoms. The number of rotatable bonds is 3. The number of carbonyl (C=O) groups excluding carboxylic acids is 1. The second kappa shape index (κ2) is 6.22. The van der Waals surface area contributed by atoms with Crippen LogP contribution in [0.15, 0.2) is 47.0 Å². The largest absolute Gasteiger partial charge is 0.482 e. The molecule has 1 aromatic heterocycles. The van der Waals surface area contributed by atoms with E-state index in [1.54, 1.807) is 17.0 Å². The van der Waals surface area contributed by atoms with Gasteiger partial charge in [-0.15, -0.1) is 0 Å². The molecule has 1 aliphatic heterocycles. The lowest BCUT2D eigenvalue weighted by Crippen LogP contribution is -2.38. The van der Waals surface area contributed by atoms with Crippen LogP contribution in [0.25, 0.3) is 11.4 Å². The first-order chi connectivity index (χ1) is 12.1. The number of aromatic nitrogens is 2. The Morgan fingerprint density at radius 3 is 2.80 bits per heavy atom. The Hall–Kier alpha value is -2.86. The van der Waals surface area contributed by atoms with Crippen LogP contribution in [0.4, 0.5) is 5.69 Å². The molecule has 0 unspecified atom stereocenters. The second-order valence-corrected chi connectivity index (χ2v) is 6.19. The number of anilines is 1. The summed E-state index contributed by atoms with van der Waals surface area (Å²) in [5.74, 6) is 1.34. The second-order valence-electron chi connectivity index (χ2n) is 5.76. The summed E-state index contributed by atoms with van der Waals surface area (Å²) in [6.45, 7) is 2.16. The third-order valence-corrected chi connectivity index (χ3v) is 4.17. The summed E-state index contributed by atoms with van der Waals surface area (Å²) in [5.41, 5.74) is 2.56. The molecule has 0 saturated carbocycles. The molecule has 0 saturated heterocycles. The Morgan fingerprint density at radius 2 is 2.00 bits per heavy atom. The van der Waals surface area contributed by atoms with Crippen molar-refractivity contribution in [1.82, 2.24) is 10.1 Å². The maximum atomic E-state index is 12.3. The molecule has 2 aromatic carbocycles. The monoisotopic (exact) mass is 355 g/mol. The highest BCUT2D eigenvalue weighted by atomic mass is 35.5. The van der Waals surface area contributed by atoms with Gasteiger partial charge in [0.25, 0.3) is 5.91 Å². The predicted octanol–water partition coefficient (Wildman–Crippen LogP) is 3.62. The summed E-state index contributed by atoms with van der Waals surface area (Å²) in [6, 6.07) is 12.8. The Labute approximate surface area is 149 Å². The molecular formula is C18H14ClN3O3. The fraction of sp³-hybridized carbons (Fsp3) is 0.167. The molecule has 0 spiro atoms. The molecule has 0 bridgehead atoms. The summed E-state index contributed by atoms with van der Waals surface area (Å²) < 4.78 is 10.8. The van der Waals surface area contributed by atoms with E-state index in [0.29, 0.717) is 28.2 Å². The molecule has 0 atom stereocenters. The van der Waals surface area contributed by atoms with Crippen molar-refractivity contribution in [2.45, 2.75) is 13.5 Å². The maximum Gasteiger partial charge on any atom is 0.265 e. The Balaban J connectivity index is 1.60. The third-order valence-electron chi connectivity index (χ3n) is 3.92. The normalized spacial score (nSPS) is 13.5. The number of hydrogen-bond donors (Lipinski definition) is 0. The summed E-state index contributed by atoms with van der Waals surface area (Å²) in [4.78, 5) is 18.2. The minimum Gasteiger partial charge on any atom is -0.482 e. The number of nitrogens with zero attached hydrogens (tertiary/aromatic N) is 3. The zero-order valence-electron chi connectivity index (χ0n) is 13.4. The Morgan fingerprint density at radius 1 is 1.20 bits per heavy atom. The van der Waals surface area contributed by atoms with Gasteiger partial charge in [-0.1, -0.05) is 22.8 Å². The fourth-order valence-electron chi connectivity index (χ4n) is 2.66. The molecular weight excluding hydrogens is 342 g/mol. The van der Waals surface area contributed by atoms with Crippen molar-refractivity contribution in [3.8, 4) is 17.1 Å². The number of fused-ring (bicyclic) bond motifs is 1. The molecule has 126 valence electrons. The van der Waals surface area contributed by atoms with Gasteiger partial charge in [0.05, 0.1) is 5.69 Å². The van der Waals surface area contributed by atoms with Crippen LogP contribution in [0, 0.1) is 6.92 Å². The Kier molecular flexibility index (Phi) is 3.89. The van der Waals surface area contributed by atoms with Crippen molar-refractivity contribution in [2.24, 2.45) is 0 Å². The van der Waals surface area contributed by atoms with E-state index in [0.717, 1.165) is 11.1 Å². The summed E-state index contributed by atoms with van der Waals surface area (Å²) >= 11 is 5.89. The van der Waals surface area contributed by atoms with Crippen molar-refractivity contribution in [3.63, 3.8) is 0 Å². The van der Waals surface area contributed by atoms with E-state index in [9.17, 15) is 4.79 Å². The van der Waals surface area contributed by atoms with Crippen molar-refractivity contribution < 1.29 is 14.1 Å². The van der Waals surface area contributed by atoms with Gasteiger partial charge in [-0.25, -0.2) is 0 Å². The number of amides is 1. The van der Waals surface area contributed by atoms with E-state index in [4.69, 9.17) is 20.9 Å². The molecule has 3 aromatic rings. The lowest BCUT2D eigenvalue weighted by Gasteiger charge is -2.28. The number of hydrogen-bond acceptors (Lipinski definition) is 5. The SMILES string of the molecule is Cc1ccc2c(c1)OCC(=O)N2Cc1nc(-c2ccc(Cl)cc2)no1. The lowest BCUT2D eigenvalue weighted by molar-refractivity contribution is -0.121. The lowest BCUT2D eigenvalue weighted by atomic mass is 10.1. The maximum absolute atomic E-state index is 12.3. The molecule has 1 amide bonds. The summed E-state index contributed by atoms with van der Waals surface area (Å²) in [7, 11) is 0. The van der Waals surface area contributed by atoms with Crippen LogP contribution in [0.1, 0.15) is 11.5 Å². The summed E-state index contributed by atoms with van der Waals surface area (Å²) in [6.07, 6.45) is 0. The molecule has 0 fully saturated rings. The van der Waals surface area contributed by atoms with Crippen molar-refractivity contribution in [3.05, 3.63) is 58.9 Å². The van der Waals surface area contributed by atoms with Gasteiger partial charge in [0.2, 0.25) is 11.7 Å². The van der Waals surface area contributed by atoms with Crippen molar-refractivity contribution in [2.75, 3.05) is 11.5 Å². The highest BCUT2D eigenvalue weighted by molar-refractivity contribution is 6.30. The number of halogens is 1.